The molecule has 1 amide bonds. The summed E-state index contributed by atoms with van der Waals surface area (Å²) in [6, 6.07) is 1.88. The van der Waals surface area contributed by atoms with E-state index in [0.717, 1.165) is 10.3 Å². The van der Waals surface area contributed by atoms with E-state index in [1.807, 2.05) is 27.0 Å². The lowest BCUT2D eigenvalue weighted by molar-refractivity contribution is -0.133. The Labute approximate surface area is 98.4 Å². The first-order valence-electron chi connectivity index (χ1n) is 4.68. The fraction of sp³-hybridized carbons (Fsp3) is 0.600. The van der Waals surface area contributed by atoms with Gasteiger partial charge >= 0.3 is 0 Å². The highest BCUT2D eigenvalue weighted by Crippen LogP contribution is 2.26. The van der Waals surface area contributed by atoms with E-state index in [4.69, 9.17) is 0 Å². The zero-order valence-electron chi connectivity index (χ0n) is 9.71. The highest BCUT2D eigenvalue weighted by molar-refractivity contribution is 9.10. The van der Waals surface area contributed by atoms with Crippen LogP contribution >= 0.6 is 15.9 Å². The molecular weight excluding hydrogens is 258 g/mol. The molecule has 1 rings (SSSR count). The molecule has 4 nitrogen and oxygen atoms in total. The van der Waals surface area contributed by atoms with Crippen molar-refractivity contribution in [2.45, 2.75) is 19.3 Å². The zero-order chi connectivity index (χ0) is 11.8. The van der Waals surface area contributed by atoms with Crippen molar-refractivity contribution in [1.82, 2.24) is 14.7 Å². The number of hydrogen-bond acceptors (Lipinski definition) is 2. The molecule has 0 bridgehead atoms. The van der Waals surface area contributed by atoms with E-state index in [1.54, 1.807) is 23.7 Å². The van der Waals surface area contributed by atoms with E-state index in [2.05, 4.69) is 21.0 Å². The minimum Gasteiger partial charge on any atom is -0.348 e. The van der Waals surface area contributed by atoms with E-state index >= 15 is 0 Å². The molecule has 0 atom stereocenters. The monoisotopic (exact) mass is 273 g/mol. The lowest BCUT2D eigenvalue weighted by Crippen LogP contribution is -2.40. The lowest BCUT2D eigenvalue weighted by atomic mass is 9.87. The fourth-order valence-electron chi connectivity index (χ4n) is 1.69. The number of rotatable bonds is 2. The number of carbonyl (C=O) groups excluding carboxylic acids is 1. The third kappa shape index (κ3) is 2.22. The van der Waals surface area contributed by atoms with Gasteiger partial charge in [0, 0.05) is 21.1 Å². The van der Waals surface area contributed by atoms with Gasteiger partial charge in [0.15, 0.2) is 0 Å². The van der Waals surface area contributed by atoms with Gasteiger partial charge < -0.3 is 4.90 Å². The number of hydrogen-bond donors (Lipinski definition) is 0. The predicted octanol–water partition coefficient (Wildman–Crippen LogP) is 1.55. The Morgan fingerprint density at radius 3 is 2.40 bits per heavy atom. The maximum atomic E-state index is 12.0. The van der Waals surface area contributed by atoms with Crippen molar-refractivity contribution in [1.29, 1.82) is 0 Å². The summed E-state index contributed by atoms with van der Waals surface area (Å²) in [5, 5.41) is 4.18. The van der Waals surface area contributed by atoms with Crippen LogP contribution in [0, 0.1) is 0 Å². The van der Waals surface area contributed by atoms with Crippen molar-refractivity contribution >= 4 is 21.8 Å². The molecule has 0 saturated carbocycles. The van der Waals surface area contributed by atoms with Gasteiger partial charge in [0.2, 0.25) is 5.91 Å². The standard InChI is InChI=1S/C10H16BrN3O/c1-10(2,9(15)13(3)4)7-6-8(11)12-14(7)5/h6H,1-5H3. The Bertz CT molecular complexity index is 382. The smallest absolute Gasteiger partial charge is 0.233 e. The second-order valence-corrected chi connectivity index (χ2v) is 5.11. The average Bonchev–Trinajstić information content (AvgIpc) is 2.44. The van der Waals surface area contributed by atoms with Crippen LogP contribution in [0.5, 0.6) is 0 Å². The second kappa shape index (κ2) is 3.96. The maximum absolute atomic E-state index is 12.0. The van der Waals surface area contributed by atoms with Gasteiger partial charge in [0.1, 0.15) is 4.60 Å². The summed E-state index contributed by atoms with van der Waals surface area (Å²) in [7, 11) is 5.36. The van der Waals surface area contributed by atoms with Gasteiger partial charge in [-0.15, -0.1) is 0 Å². The Morgan fingerprint density at radius 1 is 1.53 bits per heavy atom. The number of likely N-dealkylation sites (N-methyl/N-ethyl adjacent to an activating group) is 1. The van der Waals surface area contributed by atoms with Crippen LogP contribution in [0.15, 0.2) is 10.7 Å². The molecule has 0 fully saturated rings. The van der Waals surface area contributed by atoms with Gasteiger partial charge in [-0.1, -0.05) is 0 Å². The molecule has 1 heterocycles. The number of aryl methyl sites for hydroxylation is 1. The summed E-state index contributed by atoms with van der Waals surface area (Å²) in [4.78, 5) is 13.6. The van der Waals surface area contributed by atoms with E-state index in [-0.39, 0.29) is 5.91 Å². The molecule has 5 heteroatoms. The molecule has 0 aliphatic rings. The first-order valence-corrected chi connectivity index (χ1v) is 5.48. The Morgan fingerprint density at radius 2 is 2.07 bits per heavy atom. The zero-order valence-corrected chi connectivity index (χ0v) is 11.3. The molecule has 0 aliphatic carbocycles. The normalized spacial score (nSPS) is 11.6. The number of amides is 1. The molecule has 0 aliphatic heterocycles. The number of nitrogens with zero attached hydrogens (tertiary/aromatic N) is 3. The average molecular weight is 274 g/mol. The van der Waals surface area contributed by atoms with Crippen LogP contribution in [0.25, 0.3) is 0 Å². The molecule has 84 valence electrons. The number of halogens is 1. The van der Waals surface area contributed by atoms with Gasteiger partial charge in [-0.05, 0) is 35.8 Å². The molecule has 0 N–H and O–H groups in total. The van der Waals surface area contributed by atoms with Crippen LogP contribution < -0.4 is 0 Å². The largest absolute Gasteiger partial charge is 0.348 e. The van der Waals surface area contributed by atoms with Crippen LogP contribution in [0.2, 0.25) is 0 Å². The van der Waals surface area contributed by atoms with Crippen LogP contribution in [0.1, 0.15) is 19.5 Å². The number of carbonyl (C=O) groups is 1. The van der Waals surface area contributed by atoms with Gasteiger partial charge in [0.25, 0.3) is 0 Å². The molecule has 0 radical (unpaired) electrons. The molecule has 1 aromatic heterocycles. The summed E-state index contributed by atoms with van der Waals surface area (Å²) >= 11 is 3.30. The van der Waals surface area contributed by atoms with Gasteiger partial charge in [0.05, 0.1) is 11.1 Å². The summed E-state index contributed by atoms with van der Waals surface area (Å²) < 4.78 is 2.48. The van der Waals surface area contributed by atoms with Crippen molar-refractivity contribution in [2.24, 2.45) is 7.05 Å². The first-order chi connectivity index (χ1) is 6.76. The van der Waals surface area contributed by atoms with Crippen LogP contribution in [0.3, 0.4) is 0 Å². The third-order valence-corrected chi connectivity index (χ3v) is 2.82. The van der Waals surface area contributed by atoms with Gasteiger partial charge in [-0.3, -0.25) is 9.48 Å². The molecule has 0 aromatic carbocycles. The van der Waals surface area contributed by atoms with E-state index in [0.29, 0.717) is 0 Å². The highest BCUT2D eigenvalue weighted by Gasteiger charge is 2.34. The minimum absolute atomic E-state index is 0.0676. The minimum atomic E-state index is -0.558. The second-order valence-electron chi connectivity index (χ2n) is 4.30. The summed E-state index contributed by atoms with van der Waals surface area (Å²) in [6.07, 6.45) is 0. The van der Waals surface area contributed by atoms with Crippen LogP contribution in [-0.2, 0) is 17.3 Å². The molecule has 0 unspecified atom stereocenters. The van der Waals surface area contributed by atoms with Crippen LogP contribution in [-0.4, -0.2) is 34.7 Å². The quantitative estimate of drug-likeness (QED) is 0.820. The van der Waals surface area contributed by atoms with Gasteiger partial charge in [-0.2, -0.15) is 5.10 Å². The third-order valence-electron chi connectivity index (χ3n) is 2.43. The Hall–Kier alpha value is -0.840. The first kappa shape index (κ1) is 12.2. The molecule has 0 spiro atoms. The summed E-state index contributed by atoms with van der Waals surface area (Å²) in [6.45, 7) is 3.80. The Kier molecular flexibility index (Phi) is 3.23. The van der Waals surface area contributed by atoms with Crippen LogP contribution in [0.4, 0.5) is 0 Å². The molecule has 0 saturated heterocycles. The highest BCUT2D eigenvalue weighted by atomic mass is 79.9. The van der Waals surface area contributed by atoms with E-state index in [9.17, 15) is 4.79 Å². The van der Waals surface area contributed by atoms with E-state index in [1.165, 1.54) is 0 Å². The summed E-state index contributed by atoms with van der Waals surface area (Å²) in [5.74, 6) is 0.0676. The maximum Gasteiger partial charge on any atom is 0.233 e. The lowest BCUT2D eigenvalue weighted by Gasteiger charge is -2.26. The van der Waals surface area contributed by atoms with Gasteiger partial charge in [-0.25, -0.2) is 0 Å². The molecule has 15 heavy (non-hydrogen) atoms. The van der Waals surface area contributed by atoms with Crippen molar-refractivity contribution < 1.29 is 4.79 Å². The Balaban J connectivity index is 3.16. The predicted molar refractivity (Wildman–Crippen MR) is 62.6 cm³/mol. The summed E-state index contributed by atoms with van der Waals surface area (Å²) in [5.41, 5.74) is 0.338. The van der Waals surface area contributed by atoms with Crippen molar-refractivity contribution in [3.8, 4) is 0 Å². The number of aromatic nitrogens is 2. The van der Waals surface area contributed by atoms with Crippen molar-refractivity contribution in [3.05, 3.63) is 16.4 Å². The van der Waals surface area contributed by atoms with Crippen molar-refractivity contribution in [3.63, 3.8) is 0 Å². The van der Waals surface area contributed by atoms with E-state index < -0.39 is 5.41 Å². The topological polar surface area (TPSA) is 38.1 Å². The molecule has 1 aromatic rings. The molecular formula is C10H16BrN3O. The fourth-order valence-corrected chi connectivity index (χ4v) is 2.14. The SMILES string of the molecule is CN(C)C(=O)C(C)(C)c1cc(Br)nn1C. The van der Waals surface area contributed by atoms with Crippen molar-refractivity contribution in [2.75, 3.05) is 14.1 Å².